The molecule has 0 saturated carbocycles. The number of rotatable bonds is 7. The number of sulfonamides is 1. The average molecular weight is 458 g/mol. The van der Waals surface area contributed by atoms with Crippen LogP contribution in [0.15, 0.2) is 41.8 Å². The van der Waals surface area contributed by atoms with Crippen molar-refractivity contribution in [3.63, 3.8) is 0 Å². The Morgan fingerprint density at radius 3 is 2.94 bits per heavy atom. The van der Waals surface area contributed by atoms with Crippen LogP contribution in [0.2, 0.25) is 0 Å². The van der Waals surface area contributed by atoms with Crippen LogP contribution in [0.25, 0.3) is 11.0 Å². The number of likely N-dealkylation sites (N-methyl/N-ethyl adjacent to an activating group) is 1. The predicted molar refractivity (Wildman–Crippen MR) is 121 cm³/mol. The van der Waals surface area contributed by atoms with Gasteiger partial charge in [-0.15, -0.1) is 0 Å². The highest BCUT2D eigenvalue weighted by atomic mass is 32.2. The highest BCUT2D eigenvalue weighted by molar-refractivity contribution is 7.89. The van der Waals surface area contributed by atoms with Crippen molar-refractivity contribution < 1.29 is 13.2 Å². The minimum Gasteiger partial charge on any atom is -0.377 e. The molecule has 0 spiro atoms. The lowest BCUT2D eigenvalue weighted by Gasteiger charge is -2.26. The Hall–Kier alpha value is -2.76. The van der Waals surface area contributed by atoms with Gasteiger partial charge in [0.05, 0.1) is 11.5 Å². The van der Waals surface area contributed by atoms with E-state index in [0.29, 0.717) is 13.2 Å². The molecule has 5 rings (SSSR count). The van der Waals surface area contributed by atoms with E-state index in [4.69, 9.17) is 4.74 Å². The van der Waals surface area contributed by atoms with E-state index in [-0.39, 0.29) is 17.0 Å². The Kier molecular flexibility index (Phi) is 5.70. The van der Waals surface area contributed by atoms with Gasteiger partial charge in [-0.1, -0.05) is 0 Å². The first kappa shape index (κ1) is 21.1. The minimum atomic E-state index is -3.61. The smallest absolute Gasteiger partial charge is 0.242 e. The number of aromatic nitrogens is 4. The number of pyridine rings is 1. The van der Waals surface area contributed by atoms with E-state index in [1.54, 1.807) is 18.5 Å². The van der Waals surface area contributed by atoms with E-state index in [2.05, 4.69) is 34.5 Å². The van der Waals surface area contributed by atoms with E-state index >= 15 is 0 Å². The van der Waals surface area contributed by atoms with Gasteiger partial charge in [-0.3, -0.25) is 0 Å². The lowest BCUT2D eigenvalue weighted by Crippen LogP contribution is -2.35. The lowest BCUT2D eigenvalue weighted by atomic mass is 10.2. The van der Waals surface area contributed by atoms with Gasteiger partial charge < -0.3 is 19.5 Å². The summed E-state index contributed by atoms with van der Waals surface area (Å²) < 4.78 is 33.3. The highest BCUT2D eigenvalue weighted by Crippen LogP contribution is 2.28. The molecule has 2 aliphatic rings. The second-order valence-corrected chi connectivity index (χ2v) is 10.0. The van der Waals surface area contributed by atoms with Crippen LogP contribution >= 0.6 is 0 Å². The van der Waals surface area contributed by atoms with Crippen LogP contribution in [0.5, 0.6) is 0 Å². The van der Waals surface area contributed by atoms with Crippen LogP contribution in [0.1, 0.15) is 19.3 Å². The first-order valence-electron chi connectivity index (χ1n) is 10.8. The largest absolute Gasteiger partial charge is 0.377 e. The Morgan fingerprint density at radius 2 is 2.16 bits per heavy atom. The van der Waals surface area contributed by atoms with Gasteiger partial charge in [-0.25, -0.2) is 28.1 Å². The SMILES string of the molecule is CN(c1ccc(S(=O)(=O)NC[C@@H]2CCCO2)cn1)[C@@H]1CCN(c2ncnc3[nH]ccc23)C1. The summed E-state index contributed by atoms with van der Waals surface area (Å²) in [5, 5.41) is 1.01. The van der Waals surface area contributed by atoms with Gasteiger partial charge in [0.2, 0.25) is 10.0 Å². The summed E-state index contributed by atoms with van der Waals surface area (Å²) in [5.41, 5.74) is 0.832. The maximum Gasteiger partial charge on any atom is 0.242 e. The molecule has 2 atom stereocenters. The molecule has 0 amide bonds. The van der Waals surface area contributed by atoms with Crippen LogP contribution in [0.4, 0.5) is 11.6 Å². The van der Waals surface area contributed by atoms with E-state index in [9.17, 15) is 8.42 Å². The zero-order valence-electron chi connectivity index (χ0n) is 17.9. The van der Waals surface area contributed by atoms with Crippen molar-refractivity contribution in [2.24, 2.45) is 0 Å². The molecular formula is C21H27N7O3S. The van der Waals surface area contributed by atoms with Crippen LogP contribution in [0, 0.1) is 0 Å². The van der Waals surface area contributed by atoms with Crippen molar-refractivity contribution >= 4 is 32.7 Å². The third kappa shape index (κ3) is 4.15. The fraction of sp³-hybridized carbons (Fsp3) is 0.476. The molecule has 2 aliphatic heterocycles. The lowest BCUT2D eigenvalue weighted by molar-refractivity contribution is 0.114. The zero-order valence-corrected chi connectivity index (χ0v) is 18.8. The number of anilines is 2. The molecule has 0 unspecified atom stereocenters. The van der Waals surface area contributed by atoms with Gasteiger partial charge in [0.25, 0.3) is 0 Å². The molecule has 2 saturated heterocycles. The third-order valence-corrected chi connectivity index (χ3v) is 7.67. The van der Waals surface area contributed by atoms with Gasteiger partial charge in [0.1, 0.15) is 28.5 Å². The van der Waals surface area contributed by atoms with E-state index < -0.39 is 10.0 Å². The van der Waals surface area contributed by atoms with Crippen LogP contribution in [-0.2, 0) is 14.8 Å². The molecule has 170 valence electrons. The molecule has 0 aliphatic carbocycles. The van der Waals surface area contributed by atoms with Gasteiger partial charge in [0.15, 0.2) is 0 Å². The number of hydrogen-bond donors (Lipinski definition) is 2. The Balaban J connectivity index is 1.24. The van der Waals surface area contributed by atoms with Crippen molar-refractivity contribution in [2.45, 2.75) is 36.3 Å². The van der Waals surface area contributed by atoms with Gasteiger partial charge in [-0.05, 0) is 37.5 Å². The summed E-state index contributed by atoms with van der Waals surface area (Å²) in [6.45, 7) is 2.67. The van der Waals surface area contributed by atoms with Gasteiger partial charge in [0, 0.05) is 51.7 Å². The second-order valence-electron chi connectivity index (χ2n) is 8.28. The molecule has 2 N–H and O–H groups in total. The molecule has 5 heterocycles. The number of nitrogens with one attached hydrogen (secondary N) is 2. The first-order chi connectivity index (χ1) is 15.5. The zero-order chi connectivity index (χ0) is 22.1. The quantitative estimate of drug-likeness (QED) is 0.549. The normalized spacial score (nSPS) is 21.5. The Morgan fingerprint density at radius 1 is 1.25 bits per heavy atom. The molecule has 11 heteroatoms. The number of H-pyrrole nitrogens is 1. The third-order valence-electron chi connectivity index (χ3n) is 6.26. The molecular weight excluding hydrogens is 430 g/mol. The average Bonchev–Trinajstić information content (AvgIpc) is 3.58. The fourth-order valence-corrected chi connectivity index (χ4v) is 5.39. The second kappa shape index (κ2) is 8.64. The number of aromatic amines is 1. The maximum absolute atomic E-state index is 12.6. The highest BCUT2D eigenvalue weighted by Gasteiger charge is 2.29. The number of nitrogens with zero attached hydrogens (tertiary/aromatic N) is 5. The molecule has 0 bridgehead atoms. The summed E-state index contributed by atoms with van der Waals surface area (Å²) in [4.78, 5) is 20.8. The Bertz CT molecular complexity index is 1180. The van der Waals surface area contributed by atoms with Crippen molar-refractivity contribution in [1.29, 1.82) is 0 Å². The molecule has 32 heavy (non-hydrogen) atoms. The van der Waals surface area contributed by atoms with E-state index in [1.165, 1.54) is 6.20 Å². The molecule has 10 nitrogen and oxygen atoms in total. The summed E-state index contributed by atoms with van der Waals surface area (Å²) in [6, 6.07) is 5.61. The van der Waals surface area contributed by atoms with Crippen molar-refractivity contribution in [2.75, 3.05) is 43.1 Å². The Labute approximate surface area is 187 Å². The summed E-state index contributed by atoms with van der Waals surface area (Å²) in [7, 11) is -1.61. The van der Waals surface area contributed by atoms with Crippen molar-refractivity contribution in [3.05, 3.63) is 36.9 Å². The fourth-order valence-electron chi connectivity index (χ4n) is 4.38. The summed E-state index contributed by atoms with van der Waals surface area (Å²) >= 11 is 0. The topological polar surface area (TPSA) is 116 Å². The van der Waals surface area contributed by atoms with E-state index in [0.717, 1.165) is 55.0 Å². The van der Waals surface area contributed by atoms with Gasteiger partial charge >= 0.3 is 0 Å². The van der Waals surface area contributed by atoms with Crippen LogP contribution in [-0.4, -0.2) is 73.8 Å². The molecule has 3 aromatic heterocycles. The van der Waals surface area contributed by atoms with E-state index in [1.807, 2.05) is 19.3 Å². The number of ether oxygens (including phenoxy) is 1. The summed E-state index contributed by atoms with van der Waals surface area (Å²) in [5.74, 6) is 1.67. The monoisotopic (exact) mass is 457 g/mol. The molecule has 0 aromatic carbocycles. The maximum atomic E-state index is 12.6. The standard InChI is InChI=1S/C21H27N7O3S/c1-27(15-7-9-28(13-15)21-18-6-8-22-20(18)24-14-25-21)19-5-4-17(12-23-19)32(29,30)26-11-16-3-2-10-31-16/h4-6,8,12,14-16,26H,2-3,7,9-11,13H2,1H3,(H,22,24,25)/t15-,16+/m1/s1. The minimum absolute atomic E-state index is 0.0455. The van der Waals surface area contributed by atoms with Crippen LogP contribution in [0.3, 0.4) is 0 Å². The van der Waals surface area contributed by atoms with Crippen LogP contribution < -0.4 is 14.5 Å². The van der Waals surface area contributed by atoms with Gasteiger partial charge in [-0.2, -0.15) is 0 Å². The molecule has 2 fully saturated rings. The first-order valence-corrected chi connectivity index (χ1v) is 12.3. The van der Waals surface area contributed by atoms with Crippen molar-refractivity contribution in [1.82, 2.24) is 24.7 Å². The number of hydrogen-bond acceptors (Lipinski definition) is 8. The predicted octanol–water partition coefficient (Wildman–Crippen LogP) is 1.53. The summed E-state index contributed by atoms with van der Waals surface area (Å²) in [6.07, 6.45) is 7.64. The number of fused-ring (bicyclic) bond motifs is 1. The molecule has 0 radical (unpaired) electrons. The van der Waals surface area contributed by atoms with Crippen molar-refractivity contribution in [3.8, 4) is 0 Å². The molecule has 3 aromatic rings.